The predicted molar refractivity (Wildman–Crippen MR) is 93.7 cm³/mol. The van der Waals surface area contributed by atoms with Gasteiger partial charge in [-0.3, -0.25) is 0 Å². The van der Waals surface area contributed by atoms with Crippen molar-refractivity contribution >= 4 is 18.4 Å². The third kappa shape index (κ3) is 3.32. The standard InChI is InChI=1S/C20H18OP/c1-16-14-18(15-17-8-4-2-5-9-17)12-13-20(16)22(21)19-10-6-3-7-11-19/h2-14H,15H2,1H3/q+1. The lowest BCUT2D eigenvalue weighted by Crippen LogP contribution is -2.10. The molecular formula is C20H18OP+. The average molecular weight is 305 g/mol. The third-order valence-corrected chi connectivity index (χ3v) is 5.43. The molecule has 0 bridgehead atoms. The highest BCUT2D eigenvalue weighted by Crippen LogP contribution is 2.22. The molecule has 2 heteroatoms. The van der Waals surface area contributed by atoms with Crippen LogP contribution in [0.15, 0.2) is 78.9 Å². The summed E-state index contributed by atoms with van der Waals surface area (Å²) in [6.45, 7) is 2.04. The van der Waals surface area contributed by atoms with Crippen molar-refractivity contribution in [1.82, 2.24) is 0 Å². The van der Waals surface area contributed by atoms with Gasteiger partial charge in [0.2, 0.25) is 0 Å². The molecule has 1 atom stereocenters. The highest BCUT2D eigenvalue weighted by molar-refractivity contribution is 7.61. The molecule has 1 nitrogen and oxygen atoms in total. The number of aryl methyl sites for hydroxylation is 1. The fourth-order valence-corrected chi connectivity index (χ4v) is 3.91. The lowest BCUT2D eigenvalue weighted by molar-refractivity contribution is 0.598. The normalized spacial score (nSPS) is 11.2. The smallest absolute Gasteiger partial charge is 0.0622 e. The molecule has 0 radical (unpaired) electrons. The maximum atomic E-state index is 12.7. The Morgan fingerprint density at radius 2 is 1.41 bits per heavy atom. The summed E-state index contributed by atoms with van der Waals surface area (Å²) in [6.07, 6.45) is 0.907. The van der Waals surface area contributed by atoms with Gasteiger partial charge in [-0.1, -0.05) is 65.2 Å². The first-order chi connectivity index (χ1) is 10.7. The van der Waals surface area contributed by atoms with Gasteiger partial charge in [0.25, 0.3) is 0 Å². The Morgan fingerprint density at radius 3 is 2.05 bits per heavy atom. The Hall–Kier alpha value is -2.24. The highest BCUT2D eigenvalue weighted by atomic mass is 31.1. The lowest BCUT2D eigenvalue weighted by atomic mass is 10.0. The fraction of sp³-hybridized carbons (Fsp3) is 0.100. The first kappa shape index (κ1) is 14.7. The summed E-state index contributed by atoms with van der Waals surface area (Å²) in [4.78, 5) is 0. The molecule has 0 aliphatic rings. The van der Waals surface area contributed by atoms with E-state index >= 15 is 0 Å². The maximum Gasteiger partial charge on any atom is 0.415 e. The summed E-state index contributed by atoms with van der Waals surface area (Å²) in [5, 5.41) is 1.81. The van der Waals surface area contributed by atoms with E-state index in [-0.39, 0.29) is 0 Å². The molecule has 0 aromatic heterocycles. The zero-order valence-electron chi connectivity index (χ0n) is 12.6. The predicted octanol–water partition coefficient (Wildman–Crippen LogP) is 4.36. The van der Waals surface area contributed by atoms with Crippen LogP contribution in [0.1, 0.15) is 16.7 Å². The Labute approximate surface area is 132 Å². The van der Waals surface area contributed by atoms with Gasteiger partial charge in [-0.25, -0.2) is 0 Å². The fourth-order valence-electron chi connectivity index (χ4n) is 2.59. The summed E-state index contributed by atoms with van der Waals surface area (Å²) in [5.74, 6) is 0. The Bertz CT molecular complexity index is 779. The molecule has 0 amide bonds. The largest absolute Gasteiger partial charge is 0.415 e. The number of benzene rings is 3. The first-order valence-electron chi connectivity index (χ1n) is 7.40. The zero-order valence-corrected chi connectivity index (χ0v) is 13.5. The van der Waals surface area contributed by atoms with Crippen LogP contribution in [0.25, 0.3) is 0 Å². The first-order valence-corrected chi connectivity index (χ1v) is 8.66. The van der Waals surface area contributed by atoms with Crippen LogP contribution in [0.4, 0.5) is 0 Å². The molecule has 0 saturated carbocycles. The Morgan fingerprint density at radius 1 is 0.773 bits per heavy atom. The molecule has 0 N–H and O–H groups in total. The average Bonchev–Trinajstić information content (AvgIpc) is 2.56. The molecule has 0 fully saturated rings. The summed E-state index contributed by atoms with van der Waals surface area (Å²) in [7, 11) is -1.51. The van der Waals surface area contributed by atoms with E-state index in [0.717, 1.165) is 22.6 Å². The van der Waals surface area contributed by atoms with Crippen LogP contribution in [0.3, 0.4) is 0 Å². The molecule has 1 unspecified atom stereocenters. The molecule has 3 rings (SSSR count). The van der Waals surface area contributed by atoms with E-state index in [4.69, 9.17) is 0 Å². The van der Waals surface area contributed by atoms with Crippen LogP contribution in [-0.4, -0.2) is 0 Å². The van der Waals surface area contributed by atoms with Crippen LogP contribution >= 0.6 is 7.80 Å². The third-order valence-electron chi connectivity index (χ3n) is 3.72. The second-order valence-electron chi connectivity index (χ2n) is 5.41. The molecular weight excluding hydrogens is 287 g/mol. The molecule has 0 heterocycles. The van der Waals surface area contributed by atoms with Crippen LogP contribution in [0.2, 0.25) is 0 Å². The quantitative estimate of drug-likeness (QED) is 0.654. The summed E-state index contributed by atoms with van der Waals surface area (Å²) in [5.41, 5.74) is 3.64. The second-order valence-corrected chi connectivity index (χ2v) is 7.00. The van der Waals surface area contributed by atoms with Crippen LogP contribution < -0.4 is 10.6 Å². The van der Waals surface area contributed by atoms with Gasteiger partial charge in [0, 0.05) is 5.56 Å². The van der Waals surface area contributed by atoms with Gasteiger partial charge in [-0.15, -0.1) is 0 Å². The monoisotopic (exact) mass is 305 g/mol. The lowest BCUT2D eigenvalue weighted by Gasteiger charge is -2.03. The zero-order chi connectivity index (χ0) is 15.4. The van der Waals surface area contributed by atoms with E-state index < -0.39 is 7.80 Å². The van der Waals surface area contributed by atoms with Gasteiger partial charge in [0.1, 0.15) is 0 Å². The van der Waals surface area contributed by atoms with Crippen LogP contribution in [0.5, 0.6) is 0 Å². The van der Waals surface area contributed by atoms with Crippen molar-refractivity contribution in [2.45, 2.75) is 13.3 Å². The van der Waals surface area contributed by atoms with Gasteiger partial charge in [0.05, 0.1) is 0 Å². The maximum absolute atomic E-state index is 12.7. The molecule has 22 heavy (non-hydrogen) atoms. The number of hydrogen-bond acceptors (Lipinski definition) is 1. The second kappa shape index (κ2) is 6.68. The van der Waals surface area contributed by atoms with E-state index in [0.29, 0.717) is 0 Å². The van der Waals surface area contributed by atoms with Gasteiger partial charge in [0.15, 0.2) is 10.6 Å². The van der Waals surface area contributed by atoms with Gasteiger partial charge >= 0.3 is 7.80 Å². The van der Waals surface area contributed by atoms with Gasteiger partial charge < -0.3 is 0 Å². The summed E-state index contributed by atoms with van der Waals surface area (Å²) in [6, 6.07) is 26.3. The minimum atomic E-state index is -1.51. The van der Waals surface area contributed by atoms with E-state index in [1.54, 1.807) is 0 Å². The van der Waals surface area contributed by atoms with Crippen molar-refractivity contribution in [3.8, 4) is 0 Å². The summed E-state index contributed by atoms with van der Waals surface area (Å²) >= 11 is 0. The van der Waals surface area contributed by atoms with E-state index in [2.05, 4.69) is 36.4 Å². The van der Waals surface area contributed by atoms with Crippen molar-refractivity contribution in [3.63, 3.8) is 0 Å². The van der Waals surface area contributed by atoms with Crippen LogP contribution in [-0.2, 0) is 11.0 Å². The topological polar surface area (TPSA) is 17.1 Å². The van der Waals surface area contributed by atoms with Crippen molar-refractivity contribution in [3.05, 3.63) is 95.6 Å². The highest BCUT2D eigenvalue weighted by Gasteiger charge is 2.25. The van der Waals surface area contributed by atoms with Gasteiger partial charge in [-0.05, 0) is 42.7 Å². The van der Waals surface area contributed by atoms with Gasteiger partial charge in [-0.2, -0.15) is 0 Å². The minimum Gasteiger partial charge on any atom is -0.0622 e. The van der Waals surface area contributed by atoms with E-state index in [1.807, 2.05) is 49.4 Å². The Kier molecular flexibility index (Phi) is 4.46. The molecule has 3 aromatic carbocycles. The Balaban J connectivity index is 1.85. The molecule has 0 aliphatic carbocycles. The van der Waals surface area contributed by atoms with E-state index in [9.17, 15) is 4.57 Å². The van der Waals surface area contributed by atoms with Crippen molar-refractivity contribution < 1.29 is 4.57 Å². The molecule has 3 aromatic rings. The van der Waals surface area contributed by atoms with Crippen molar-refractivity contribution in [2.24, 2.45) is 0 Å². The minimum absolute atomic E-state index is 0.886. The molecule has 0 saturated heterocycles. The van der Waals surface area contributed by atoms with E-state index in [1.165, 1.54) is 11.1 Å². The molecule has 0 spiro atoms. The summed E-state index contributed by atoms with van der Waals surface area (Å²) < 4.78 is 12.7. The number of rotatable bonds is 4. The SMILES string of the molecule is Cc1cc(Cc2ccccc2)ccc1[P+](=O)c1ccccc1. The molecule has 108 valence electrons. The number of hydrogen-bond donors (Lipinski definition) is 0. The van der Waals surface area contributed by atoms with Crippen molar-refractivity contribution in [2.75, 3.05) is 0 Å². The van der Waals surface area contributed by atoms with Crippen molar-refractivity contribution in [1.29, 1.82) is 0 Å². The van der Waals surface area contributed by atoms with Crippen LogP contribution in [0, 0.1) is 6.92 Å². The molecule has 0 aliphatic heterocycles.